The summed E-state index contributed by atoms with van der Waals surface area (Å²) in [4.78, 5) is 23.4. The lowest BCUT2D eigenvalue weighted by molar-refractivity contribution is -0.145. The van der Waals surface area contributed by atoms with E-state index in [-0.39, 0.29) is 24.3 Å². The SMILES string of the molecule is CC(=O)NC(CC(=O)OCC1CC=CCC1)c1ccccc1. The number of rotatable bonds is 6. The summed E-state index contributed by atoms with van der Waals surface area (Å²) < 4.78 is 5.39. The first-order chi connectivity index (χ1) is 10.6. The molecule has 0 fully saturated rings. The lowest BCUT2D eigenvalue weighted by Gasteiger charge is -2.20. The summed E-state index contributed by atoms with van der Waals surface area (Å²) in [5.74, 6) is 0.00104. The van der Waals surface area contributed by atoms with E-state index >= 15 is 0 Å². The molecule has 0 bridgehead atoms. The largest absolute Gasteiger partial charge is 0.465 e. The fourth-order valence-corrected chi connectivity index (χ4v) is 2.63. The lowest BCUT2D eigenvalue weighted by atomic mass is 9.95. The minimum atomic E-state index is -0.336. The van der Waals surface area contributed by atoms with Gasteiger partial charge >= 0.3 is 5.97 Å². The Morgan fingerprint density at radius 2 is 2.05 bits per heavy atom. The van der Waals surface area contributed by atoms with Crippen molar-refractivity contribution < 1.29 is 14.3 Å². The summed E-state index contributed by atoms with van der Waals surface area (Å²) in [7, 11) is 0. The van der Waals surface area contributed by atoms with Gasteiger partial charge in [0.25, 0.3) is 0 Å². The van der Waals surface area contributed by atoms with E-state index < -0.39 is 0 Å². The Bertz CT molecular complexity index is 524. The van der Waals surface area contributed by atoms with Crippen LogP contribution in [0.15, 0.2) is 42.5 Å². The van der Waals surface area contributed by atoms with E-state index in [0.29, 0.717) is 12.5 Å². The molecule has 0 aromatic heterocycles. The predicted molar refractivity (Wildman–Crippen MR) is 85.1 cm³/mol. The molecule has 1 aliphatic rings. The molecule has 4 heteroatoms. The van der Waals surface area contributed by atoms with E-state index in [1.54, 1.807) is 0 Å². The zero-order valence-corrected chi connectivity index (χ0v) is 13.0. The van der Waals surface area contributed by atoms with Crippen molar-refractivity contribution in [1.82, 2.24) is 5.32 Å². The molecule has 1 aromatic rings. The van der Waals surface area contributed by atoms with Crippen LogP contribution in [0, 0.1) is 5.92 Å². The van der Waals surface area contributed by atoms with Crippen LogP contribution >= 0.6 is 0 Å². The van der Waals surface area contributed by atoms with Crippen molar-refractivity contribution in [2.45, 2.75) is 38.6 Å². The van der Waals surface area contributed by atoms with Crippen LogP contribution in [-0.4, -0.2) is 18.5 Å². The van der Waals surface area contributed by atoms with Gasteiger partial charge in [0, 0.05) is 6.92 Å². The number of carbonyl (C=O) groups excluding carboxylic acids is 2. The second-order valence-electron chi connectivity index (χ2n) is 5.70. The number of carbonyl (C=O) groups is 2. The average molecular weight is 301 g/mol. The van der Waals surface area contributed by atoms with Crippen molar-refractivity contribution in [2.75, 3.05) is 6.61 Å². The number of hydrogen-bond acceptors (Lipinski definition) is 3. The first-order valence-electron chi connectivity index (χ1n) is 7.78. The Hall–Kier alpha value is -2.10. The van der Waals surface area contributed by atoms with Crippen LogP contribution in [0.2, 0.25) is 0 Å². The molecule has 0 saturated heterocycles. The Labute approximate surface area is 131 Å². The van der Waals surface area contributed by atoms with E-state index in [1.807, 2.05) is 30.3 Å². The van der Waals surface area contributed by atoms with Gasteiger partial charge in [-0.1, -0.05) is 42.5 Å². The smallest absolute Gasteiger partial charge is 0.308 e. The molecule has 1 aromatic carbocycles. The molecule has 2 rings (SSSR count). The number of hydrogen-bond donors (Lipinski definition) is 1. The van der Waals surface area contributed by atoms with Crippen LogP contribution in [0.1, 0.15) is 44.2 Å². The van der Waals surface area contributed by atoms with Crippen molar-refractivity contribution in [3.05, 3.63) is 48.0 Å². The molecule has 0 spiro atoms. The fraction of sp³-hybridized carbons (Fsp3) is 0.444. The second kappa shape index (κ2) is 8.37. The van der Waals surface area contributed by atoms with Gasteiger partial charge in [0.15, 0.2) is 0 Å². The molecule has 4 nitrogen and oxygen atoms in total. The highest BCUT2D eigenvalue weighted by Gasteiger charge is 2.19. The number of allylic oxidation sites excluding steroid dienone is 2. The Morgan fingerprint density at radius 3 is 2.68 bits per heavy atom. The van der Waals surface area contributed by atoms with E-state index in [0.717, 1.165) is 24.8 Å². The molecule has 1 amide bonds. The lowest BCUT2D eigenvalue weighted by Crippen LogP contribution is -2.29. The van der Waals surface area contributed by atoms with E-state index in [9.17, 15) is 9.59 Å². The van der Waals surface area contributed by atoms with Gasteiger partial charge in [0.05, 0.1) is 19.1 Å². The van der Waals surface area contributed by atoms with Crippen molar-refractivity contribution in [3.8, 4) is 0 Å². The first kappa shape index (κ1) is 16.3. The van der Waals surface area contributed by atoms with Gasteiger partial charge in [-0.15, -0.1) is 0 Å². The van der Waals surface area contributed by atoms with Gasteiger partial charge in [0.1, 0.15) is 0 Å². The van der Waals surface area contributed by atoms with Crippen LogP contribution in [0.4, 0.5) is 0 Å². The summed E-state index contributed by atoms with van der Waals surface area (Å²) >= 11 is 0. The number of esters is 1. The fourth-order valence-electron chi connectivity index (χ4n) is 2.63. The van der Waals surface area contributed by atoms with Crippen molar-refractivity contribution in [1.29, 1.82) is 0 Å². The number of ether oxygens (including phenoxy) is 1. The quantitative estimate of drug-likeness (QED) is 0.648. The van der Waals surface area contributed by atoms with Gasteiger partial charge in [-0.2, -0.15) is 0 Å². The maximum Gasteiger partial charge on any atom is 0.308 e. The van der Waals surface area contributed by atoms with Crippen molar-refractivity contribution in [2.24, 2.45) is 5.92 Å². The monoisotopic (exact) mass is 301 g/mol. The van der Waals surface area contributed by atoms with Crippen LogP contribution < -0.4 is 5.32 Å². The van der Waals surface area contributed by atoms with Gasteiger partial charge in [-0.3, -0.25) is 9.59 Å². The summed E-state index contributed by atoms with van der Waals surface area (Å²) in [5.41, 5.74) is 0.912. The van der Waals surface area contributed by atoms with Gasteiger partial charge < -0.3 is 10.1 Å². The summed E-state index contributed by atoms with van der Waals surface area (Å²) in [5, 5.41) is 2.81. The van der Waals surface area contributed by atoms with Crippen LogP contribution in [0.25, 0.3) is 0 Å². The van der Waals surface area contributed by atoms with Gasteiger partial charge in [-0.05, 0) is 30.7 Å². The number of benzene rings is 1. The molecule has 0 saturated carbocycles. The zero-order chi connectivity index (χ0) is 15.8. The molecule has 1 aliphatic carbocycles. The highest BCUT2D eigenvalue weighted by atomic mass is 16.5. The predicted octanol–water partition coefficient (Wildman–Crippen LogP) is 3.15. The summed E-state index contributed by atoms with van der Waals surface area (Å²) in [6.07, 6.45) is 7.57. The van der Waals surface area contributed by atoms with Crippen molar-refractivity contribution >= 4 is 11.9 Å². The summed E-state index contributed by atoms with van der Waals surface area (Å²) in [6.45, 7) is 1.92. The minimum absolute atomic E-state index is 0.154. The molecule has 2 atom stereocenters. The van der Waals surface area contributed by atoms with Crippen molar-refractivity contribution in [3.63, 3.8) is 0 Å². The normalized spacial score (nSPS) is 18.5. The molecule has 118 valence electrons. The maximum absolute atomic E-state index is 12.1. The number of nitrogens with one attached hydrogen (secondary N) is 1. The van der Waals surface area contributed by atoms with Gasteiger partial charge in [-0.25, -0.2) is 0 Å². The third-order valence-electron chi connectivity index (χ3n) is 3.81. The van der Waals surface area contributed by atoms with E-state index in [2.05, 4.69) is 17.5 Å². The van der Waals surface area contributed by atoms with Crippen LogP contribution in [0.3, 0.4) is 0 Å². The van der Waals surface area contributed by atoms with Gasteiger partial charge in [0.2, 0.25) is 5.91 Å². The van der Waals surface area contributed by atoms with E-state index in [4.69, 9.17) is 4.74 Å². The molecule has 22 heavy (non-hydrogen) atoms. The Morgan fingerprint density at radius 1 is 1.27 bits per heavy atom. The summed E-state index contributed by atoms with van der Waals surface area (Å²) in [6, 6.07) is 9.16. The zero-order valence-electron chi connectivity index (χ0n) is 13.0. The number of amides is 1. The molecule has 0 radical (unpaired) electrons. The molecular weight excluding hydrogens is 278 g/mol. The third-order valence-corrected chi connectivity index (χ3v) is 3.81. The molecule has 0 aliphatic heterocycles. The van der Waals surface area contributed by atoms with E-state index in [1.165, 1.54) is 6.92 Å². The molecule has 1 N–H and O–H groups in total. The maximum atomic E-state index is 12.1. The van der Waals surface area contributed by atoms with Crippen LogP contribution in [-0.2, 0) is 14.3 Å². The molecule has 0 heterocycles. The van der Waals surface area contributed by atoms with Crippen LogP contribution in [0.5, 0.6) is 0 Å². The molecular formula is C18H23NO3. The highest BCUT2D eigenvalue weighted by Crippen LogP contribution is 2.20. The topological polar surface area (TPSA) is 55.4 Å². The second-order valence-corrected chi connectivity index (χ2v) is 5.70. The first-order valence-corrected chi connectivity index (χ1v) is 7.78. The standard InChI is InChI=1S/C18H23NO3/c1-14(20)19-17(16-10-6-3-7-11-16)12-18(21)22-13-15-8-4-2-5-9-15/h2-4,6-7,10-11,15,17H,5,8-9,12-13H2,1H3,(H,19,20). The average Bonchev–Trinajstić information content (AvgIpc) is 2.54. The Kier molecular flexibility index (Phi) is 6.19. The Balaban J connectivity index is 1.87. The third kappa shape index (κ3) is 5.35. The highest BCUT2D eigenvalue weighted by molar-refractivity contribution is 5.76. The minimum Gasteiger partial charge on any atom is -0.465 e. The molecule has 2 unspecified atom stereocenters.